The number of rotatable bonds is 10. The van der Waals surface area contributed by atoms with Crippen LogP contribution in [0.25, 0.3) is 10.8 Å². The van der Waals surface area contributed by atoms with Crippen molar-refractivity contribution >= 4 is 56.2 Å². The molecule has 3 N–H and O–H groups in total. The monoisotopic (exact) mass is 717 g/mol. The SMILES string of the molecule is C=C[C@H]1C[C@@]1(NC(=O)[C@@H]1C[C@@H](Oc2nccc3cc(Cl)ccc23)CN1C(=O)[C@@H](NC(=O)OC(C)(C)C)C(C)(C)C)C(=O)NS(=O)(=O)C1CC1. The van der Waals surface area contributed by atoms with Crippen LogP contribution >= 0.6 is 11.6 Å². The minimum atomic E-state index is -3.89. The average Bonchev–Trinajstić information content (AvgIpc) is 3.91. The van der Waals surface area contributed by atoms with Crippen LogP contribution < -0.4 is 20.1 Å². The summed E-state index contributed by atoms with van der Waals surface area (Å²) in [7, 11) is -3.89. The van der Waals surface area contributed by atoms with E-state index in [1.165, 1.54) is 11.0 Å². The highest BCUT2D eigenvalue weighted by atomic mass is 35.5. The fraction of sp³-hybridized carbons (Fsp3) is 0.559. The zero-order valence-corrected chi connectivity index (χ0v) is 30.1. The number of hydrogen-bond acceptors (Lipinski definition) is 9. The van der Waals surface area contributed by atoms with Crippen LogP contribution in [0.4, 0.5) is 4.79 Å². The summed E-state index contributed by atoms with van der Waals surface area (Å²) in [6.07, 6.45) is 2.61. The average molecular weight is 718 g/mol. The van der Waals surface area contributed by atoms with Gasteiger partial charge in [-0.05, 0) is 75.1 Å². The van der Waals surface area contributed by atoms with Gasteiger partial charge in [0.1, 0.15) is 29.3 Å². The van der Waals surface area contributed by atoms with Gasteiger partial charge in [0.2, 0.25) is 27.7 Å². The number of likely N-dealkylation sites (tertiary alicyclic amines) is 1. The summed E-state index contributed by atoms with van der Waals surface area (Å²) >= 11 is 6.18. The van der Waals surface area contributed by atoms with Crippen molar-refractivity contribution in [3.05, 3.63) is 48.1 Å². The van der Waals surface area contributed by atoms with Gasteiger partial charge < -0.3 is 25.0 Å². The zero-order chi connectivity index (χ0) is 36.1. The van der Waals surface area contributed by atoms with E-state index in [2.05, 4.69) is 26.9 Å². The third-order valence-corrected chi connectivity index (χ3v) is 10.9. The topological polar surface area (TPSA) is 173 Å². The number of ether oxygens (including phenoxy) is 2. The highest BCUT2D eigenvalue weighted by molar-refractivity contribution is 7.91. The number of fused-ring (bicyclic) bond motifs is 1. The van der Waals surface area contributed by atoms with E-state index in [1.54, 1.807) is 72.0 Å². The molecule has 1 aromatic heterocycles. The molecule has 2 saturated carbocycles. The summed E-state index contributed by atoms with van der Waals surface area (Å²) in [5, 5.41) is 6.81. The van der Waals surface area contributed by atoms with Crippen molar-refractivity contribution in [2.24, 2.45) is 11.3 Å². The van der Waals surface area contributed by atoms with Crippen LogP contribution in [0.5, 0.6) is 5.88 Å². The quantitative estimate of drug-likeness (QED) is 0.309. The first-order chi connectivity index (χ1) is 22.7. The van der Waals surface area contributed by atoms with Gasteiger partial charge in [0.05, 0.1) is 11.8 Å². The predicted octanol–water partition coefficient (Wildman–Crippen LogP) is 3.85. The van der Waals surface area contributed by atoms with Crippen molar-refractivity contribution in [3.8, 4) is 5.88 Å². The van der Waals surface area contributed by atoms with Crippen LogP contribution in [0.15, 0.2) is 43.1 Å². The predicted molar refractivity (Wildman–Crippen MR) is 183 cm³/mol. The Morgan fingerprint density at radius 3 is 2.41 bits per heavy atom. The Labute approximate surface area is 291 Å². The molecule has 4 amide bonds. The molecule has 2 aliphatic carbocycles. The molecule has 49 heavy (non-hydrogen) atoms. The number of nitrogens with zero attached hydrogens (tertiary/aromatic N) is 2. The molecule has 3 aliphatic rings. The number of halogens is 1. The van der Waals surface area contributed by atoms with Crippen molar-refractivity contribution in [2.45, 2.75) is 102 Å². The molecule has 0 bridgehead atoms. The van der Waals surface area contributed by atoms with Crippen molar-refractivity contribution in [1.29, 1.82) is 0 Å². The molecule has 2 heterocycles. The maximum absolute atomic E-state index is 14.4. The van der Waals surface area contributed by atoms with Gasteiger partial charge in [-0.3, -0.25) is 19.1 Å². The second kappa shape index (κ2) is 13.1. The number of pyridine rings is 1. The van der Waals surface area contributed by atoms with E-state index in [0.29, 0.717) is 23.3 Å². The number of carbonyl (C=O) groups excluding carboxylic acids is 4. The first-order valence-electron chi connectivity index (χ1n) is 16.3. The number of aromatic nitrogens is 1. The first kappa shape index (κ1) is 36.4. The Kier molecular flexibility index (Phi) is 9.71. The lowest BCUT2D eigenvalue weighted by Gasteiger charge is -2.36. The molecule has 1 aliphatic heterocycles. The number of hydrogen-bond donors (Lipinski definition) is 3. The van der Waals surface area contributed by atoms with Crippen LogP contribution in [-0.4, -0.2) is 83.2 Å². The molecule has 15 heteroatoms. The van der Waals surface area contributed by atoms with Crippen LogP contribution in [-0.2, 0) is 29.1 Å². The number of benzene rings is 1. The molecular formula is C34H44ClN5O8S. The number of nitrogens with one attached hydrogen (secondary N) is 3. The number of alkyl carbamates (subject to hydrolysis) is 1. The lowest BCUT2D eigenvalue weighted by molar-refractivity contribution is -0.143. The van der Waals surface area contributed by atoms with E-state index in [0.717, 1.165) is 5.39 Å². The summed E-state index contributed by atoms with van der Waals surface area (Å²) in [5.74, 6) is -2.33. The fourth-order valence-electron chi connectivity index (χ4n) is 6.01. The van der Waals surface area contributed by atoms with Gasteiger partial charge in [0.15, 0.2) is 0 Å². The second-order valence-corrected chi connectivity index (χ2v) is 17.5. The molecule has 13 nitrogen and oxygen atoms in total. The Morgan fingerprint density at radius 1 is 1.12 bits per heavy atom. The Hall–Kier alpha value is -3.91. The molecule has 5 atom stereocenters. The van der Waals surface area contributed by atoms with E-state index >= 15 is 0 Å². The summed E-state index contributed by atoms with van der Waals surface area (Å²) < 4.78 is 39.2. The zero-order valence-electron chi connectivity index (χ0n) is 28.5. The van der Waals surface area contributed by atoms with Gasteiger partial charge in [-0.1, -0.05) is 38.4 Å². The third kappa shape index (κ3) is 8.12. The maximum Gasteiger partial charge on any atom is 0.408 e. The Morgan fingerprint density at radius 2 is 1.82 bits per heavy atom. The molecule has 0 spiro atoms. The molecule has 1 saturated heterocycles. The third-order valence-electron chi connectivity index (χ3n) is 8.84. The number of amides is 4. The molecule has 266 valence electrons. The Balaban J connectivity index is 1.44. The molecule has 2 aromatic rings. The maximum atomic E-state index is 14.4. The molecule has 0 unspecified atom stereocenters. The van der Waals surface area contributed by atoms with Gasteiger partial charge in [0.25, 0.3) is 5.91 Å². The highest BCUT2D eigenvalue weighted by Gasteiger charge is 2.62. The van der Waals surface area contributed by atoms with Crippen LogP contribution in [0.1, 0.15) is 67.2 Å². The lowest BCUT2D eigenvalue weighted by Crippen LogP contribution is -2.60. The number of sulfonamides is 1. The van der Waals surface area contributed by atoms with Gasteiger partial charge in [-0.25, -0.2) is 18.2 Å². The molecular weight excluding hydrogens is 674 g/mol. The van der Waals surface area contributed by atoms with Crippen molar-refractivity contribution in [1.82, 2.24) is 25.2 Å². The second-order valence-electron chi connectivity index (χ2n) is 15.1. The normalized spacial score (nSPS) is 24.5. The van der Waals surface area contributed by atoms with Gasteiger partial charge in [0, 0.05) is 28.9 Å². The van der Waals surface area contributed by atoms with Gasteiger partial charge in [-0.2, -0.15) is 0 Å². The van der Waals surface area contributed by atoms with E-state index in [9.17, 15) is 27.6 Å². The highest BCUT2D eigenvalue weighted by Crippen LogP contribution is 2.45. The van der Waals surface area contributed by atoms with E-state index in [1.807, 2.05) is 0 Å². The van der Waals surface area contributed by atoms with Gasteiger partial charge >= 0.3 is 6.09 Å². The standard InChI is InChI=1S/C34H44ClN5O8S/c1-8-20-17-34(20,30(43)39-49(45,46)23-10-11-23)38-27(41)25-16-22(47-28-24-12-9-21(35)15-19(24)13-14-36-28)18-40(25)29(42)26(32(2,3)4)37-31(44)48-33(5,6)7/h8-9,12-15,20,22-23,25-26H,1,10-11,16-18H2,2-7H3,(H,37,44)(H,38,41)(H,39,43)/t20-,22+,25-,26+,34-/m0/s1. The minimum absolute atomic E-state index is 0.0172. The van der Waals surface area contributed by atoms with E-state index in [-0.39, 0.29) is 25.3 Å². The van der Waals surface area contributed by atoms with Gasteiger partial charge in [-0.15, -0.1) is 6.58 Å². The largest absolute Gasteiger partial charge is 0.472 e. The summed E-state index contributed by atoms with van der Waals surface area (Å²) in [5.41, 5.74) is -3.19. The van der Waals surface area contributed by atoms with E-state index in [4.69, 9.17) is 21.1 Å². The van der Waals surface area contributed by atoms with Crippen molar-refractivity contribution in [3.63, 3.8) is 0 Å². The van der Waals surface area contributed by atoms with Crippen molar-refractivity contribution in [2.75, 3.05) is 6.54 Å². The Bertz CT molecular complexity index is 1780. The molecule has 3 fully saturated rings. The first-order valence-corrected chi connectivity index (χ1v) is 18.2. The summed E-state index contributed by atoms with van der Waals surface area (Å²) in [6.45, 7) is 14.1. The van der Waals surface area contributed by atoms with Crippen LogP contribution in [0.2, 0.25) is 5.02 Å². The lowest BCUT2D eigenvalue weighted by atomic mass is 9.85. The molecule has 0 radical (unpaired) electrons. The smallest absolute Gasteiger partial charge is 0.408 e. The van der Waals surface area contributed by atoms with Crippen LogP contribution in [0.3, 0.4) is 0 Å². The minimum Gasteiger partial charge on any atom is -0.472 e. The number of carbonyl (C=O) groups is 4. The fourth-order valence-corrected chi connectivity index (χ4v) is 7.55. The van der Waals surface area contributed by atoms with Crippen LogP contribution in [0, 0.1) is 11.3 Å². The molecule has 5 rings (SSSR count). The van der Waals surface area contributed by atoms with E-state index < -0.39 is 79.7 Å². The van der Waals surface area contributed by atoms with Crippen molar-refractivity contribution < 1.29 is 37.1 Å². The summed E-state index contributed by atoms with van der Waals surface area (Å²) in [4.78, 5) is 60.5. The molecule has 1 aromatic carbocycles. The summed E-state index contributed by atoms with van der Waals surface area (Å²) in [6, 6.07) is 4.75.